The molecule has 3 aromatic carbocycles. The summed E-state index contributed by atoms with van der Waals surface area (Å²) in [6, 6.07) is 19.7. The Bertz CT molecular complexity index is 1510. The third-order valence-electron chi connectivity index (χ3n) is 5.90. The minimum atomic E-state index is -2.62. The number of amides is 3. The highest BCUT2D eigenvalue weighted by atomic mass is 19.3. The summed E-state index contributed by atoms with van der Waals surface area (Å²) in [5.41, 5.74) is 5.99. The van der Waals surface area contributed by atoms with Gasteiger partial charge in [-0.1, -0.05) is 24.3 Å². The molecular weight excluding hydrogens is 476 g/mol. The molecule has 5 rings (SSSR count). The standard InChI is InChI=1S/C28H23F2N5O2/c1-16-7-8-21(34-28(37)33-19-5-2-4-17(12-19)26(29)30)14-24(16)32-20-9-10-22-23(13-18-6-3-11-31-18)27(36)35-25(22)15-20/h2-15,26,31-32H,1H3,(H,35,36)(H2,33,34,37). The third-order valence-corrected chi connectivity index (χ3v) is 5.90. The molecule has 0 aliphatic carbocycles. The molecule has 0 saturated heterocycles. The number of rotatable bonds is 6. The zero-order valence-corrected chi connectivity index (χ0v) is 19.7. The lowest BCUT2D eigenvalue weighted by Crippen LogP contribution is -2.19. The van der Waals surface area contributed by atoms with Gasteiger partial charge in [0.05, 0.1) is 11.3 Å². The van der Waals surface area contributed by atoms with E-state index in [0.29, 0.717) is 16.9 Å². The molecule has 0 saturated carbocycles. The molecule has 3 amide bonds. The molecule has 0 fully saturated rings. The Labute approximate surface area is 211 Å². The van der Waals surface area contributed by atoms with E-state index < -0.39 is 12.5 Å². The van der Waals surface area contributed by atoms with Crippen LogP contribution in [0.15, 0.2) is 79.0 Å². The van der Waals surface area contributed by atoms with E-state index in [-0.39, 0.29) is 17.2 Å². The molecule has 0 unspecified atom stereocenters. The van der Waals surface area contributed by atoms with Gasteiger partial charge < -0.3 is 26.3 Å². The Morgan fingerprint density at radius 1 is 0.919 bits per heavy atom. The van der Waals surface area contributed by atoms with Gasteiger partial charge in [0.1, 0.15) is 0 Å². The molecule has 0 atom stereocenters. The van der Waals surface area contributed by atoms with Crippen LogP contribution in [-0.4, -0.2) is 16.9 Å². The summed E-state index contributed by atoms with van der Waals surface area (Å²) < 4.78 is 25.8. The molecule has 0 spiro atoms. The van der Waals surface area contributed by atoms with Crippen molar-refractivity contribution in [1.82, 2.24) is 4.98 Å². The van der Waals surface area contributed by atoms with Crippen molar-refractivity contribution < 1.29 is 18.4 Å². The Kier molecular flexibility index (Phi) is 6.42. The SMILES string of the molecule is Cc1ccc(NC(=O)Nc2cccc(C(F)F)c2)cc1Nc1ccc2c(c1)NC(=O)C2=Cc1ccc[nH]1. The van der Waals surface area contributed by atoms with Crippen molar-refractivity contribution >= 4 is 52.0 Å². The average molecular weight is 500 g/mol. The number of anilines is 5. The van der Waals surface area contributed by atoms with Crippen molar-refractivity contribution in [1.29, 1.82) is 0 Å². The topological polar surface area (TPSA) is 98.0 Å². The molecule has 37 heavy (non-hydrogen) atoms. The number of aromatic nitrogens is 1. The Morgan fingerprint density at radius 3 is 2.46 bits per heavy atom. The Hall–Kier alpha value is -4.92. The van der Waals surface area contributed by atoms with Gasteiger partial charge in [-0.3, -0.25) is 4.79 Å². The van der Waals surface area contributed by atoms with Gasteiger partial charge in [-0.05, 0) is 67.1 Å². The van der Waals surface area contributed by atoms with E-state index in [9.17, 15) is 18.4 Å². The van der Waals surface area contributed by atoms with Gasteiger partial charge in [-0.15, -0.1) is 0 Å². The van der Waals surface area contributed by atoms with Crippen LogP contribution < -0.4 is 21.3 Å². The normalized spacial score (nSPS) is 13.4. The van der Waals surface area contributed by atoms with E-state index in [1.807, 2.05) is 49.4 Å². The number of hydrogen-bond donors (Lipinski definition) is 5. The monoisotopic (exact) mass is 499 g/mol. The predicted octanol–water partition coefficient (Wildman–Crippen LogP) is 7.14. The van der Waals surface area contributed by atoms with Crippen LogP contribution in [-0.2, 0) is 4.79 Å². The maximum absolute atomic E-state index is 12.9. The van der Waals surface area contributed by atoms with Crippen LogP contribution in [0.25, 0.3) is 11.6 Å². The van der Waals surface area contributed by atoms with Crippen LogP contribution in [0.3, 0.4) is 0 Å². The molecule has 1 aliphatic rings. The van der Waals surface area contributed by atoms with Crippen LogP contribution in [0.1, 0.15) is 28.8 Å². The first-order valence-corrected chi connectivity index (χ1v) is 11.5. The summed E-state index contributed by atoms with van der Waals surface area (Å²) in [4.78, 5) is 28.0. The molecule has 9 heteroatoms. The maximum Gasteiger partial charge on any atom is 0.323 e. The Morgan fingerprint density at radius 2 is 1.70 bits per heavy atom. The fraction of sp³-hybridized carbons (Fsp3) is 0.0714. The van der Waals surface area contributed by atoms with E-state index in [1.54, 1.807) is 24.4 Å². The summed E-state index contributed by atoms with van der Waals surface area (Å²) in [6.07, 6.45) is 0.986. The molecule has 5 N–H and O–H groups in total. The molecule has 7 nitrogen and oxygen atoms in total. The quantitative estimate of drug-likeness (QED) is 0.182. The van der Waals surface area contributed by atoms with E-state index in [0.717, 1.165) is 28.2 Å². The molecular formula is C28H23F2N5O2. The van der Waals surface area contributed by atoms with Crippen molar-refractivity contribution in [3.05, 3.63) is 101 Å². The van der Waals surface area contributed by atoms with Gasteiger partial charge in [-0.2, -0.15) is 0 Å². The minimum absolute atomic E-state index is 0.169. The van der Waals surface area contributed by atoms with Crippen LogP contribution >= 0.6 is 0 Å². The van der Waals surface area contributed by atoms with E-state index in [1.165, 1.54) is 18.2 Å². The molecule has 0 radical (unpaired) electrons. The van der Waals surface area contributed by atoms with Gasteiger partial charge in [0.25, 0.3) is 12.3 Å². The average Bonchev–Trinajstić information content (AvgIpc) is 3.49. The molecule has 1 aromatic heterocycles. The number of carbonyl (C=O) groups excluding carboxylic acids is 2. The zero-order chi connectivity index (χ0) is 25.9. The number of H-pyrrole nitrogens is 1. The van der Waals surface area contributed by atoms with Gasteiger partial charge in [0, 0.05) is 45.8 Å². The van der Waals surface area contributed by atoms with Crippen molar-refractivity contribution in [2.24, 2.45) is 0 Å². The number of hydrogen-bond acceptors (Lipinski definition) is 3. The highest BCUT2D eigenvalue weighted by Gasteiger charge is 2.24. The second-order valence-corrected chi connectivity index (χ2v) is 8.56. The van der Waals surface area contributed by atoms with Gasteiger partial charge in [0.15, 0.2) is 0 Å². The molecule has 1 aliphatic heterocycles. The highest BCUT2D eigenvalue weighted by molar-refractivity contribution is 6.35. The number of benzene rings is 3. The summed E-state index contributed by atoms with van der Waals surface area (Å²) >= 11 is 0. The predicted molar refractivity (Wildman–Crippen MR) is 142 cm³/mol. The molecule has 0 bridgehead atoms. The van der Waals surface area contributed by atoms with Gasteiger partial charge in [-0.25, -0.2) is 13.6 Å². The highest BCUT2D eigenvalue weighted by Crippen LogP contribution is 2.36. The second kappa shape index (κ2) is 9.98. The minimum Gasteiger partial charge on any atom is -0.362 e. The van der Waals surface area contributed by atoms with E-state index >= 15 is 0 Å². The van der Waals surface area contributed by atoms with Gasteiger partial charge in [0.2, 0.25) is 0 Å². The number of fused-ring (bicyclic) bond motifs is 1. The first-order chi connectivity index (χ1) is 17.9. The van der Waals surface area contributed by atoms with Gasteiger partial charge >= 0.3 is 6.03 Å². The fourth-order valence-electron chi connectivity index (χ4n) is 4.04. The smallest absolute Gasteiger partial charge is 0.323 e. The summed E-state index contributed by atoms with van der Waals surface area (Å²) in [5.74, 6) is -0.172. The lowest BCUT2D eigenvalue weighted by Gasteiger charge is -2.14. The van der Waals surface area contributed by atoms with Crippen molar-refractivity contribution in [3.63, 3.8) is 0 Å². The van der Waals surface area contributed by atoms with Crippen molar-refractivity contribution in [2.75, 3.05) is 21.3 Å². The molecule has 186 valence electrons. The van der Waals surface area contributed by atoms with Crippen molar-refractivity contribution in [2.45, 2.75) is 13.3 Å². The van der Waals surface area contributed by atoms with E-state index in [2.05, 4.69) is 26.3 Å². The van der Waals surface area contributed by atoms with Crippen LogP contribution in [0.2, 0.25) is 0 Å². The summed E-state index contributed by atoms with van der Waals surface area (Å²) in [7, 11) is 0. The summed E-state index contributed by atoms with van der Waals surface area (Å²) in [5, 5.41) is 11.5. The number of urea groups is 1. The van der Waals surface area contributed by atoms with Crippen LogP contribution in [0.4, 0.5) is 42.0 Å². The number of alkyl halides is 2. The molecule has 4 aromatic rings. The zero-order valence-electron chi connectivity index (χ0n) is 19.7. The maximum atomic E-state index is 12.9. The number of carbonyl (C=O) groups is 2. The Balaban J connectivity index is 1.30. The number of nitrogens with one attached hydrogen (secondary N) is 5. The largest absolute Gasteiger partial charge is 0.362 e. The number of aryl methyl sites for hydroxylation is 1. The van der Waals surface area contributed by atoms with Crippen LogP contribution in [0.5, 0.6) is 0 Å². The fourth-order valence-corrected chi connectivity index (χ4v) is 4.04. The lowest BCUT2D eigenvalue weighted by molar-refractivity contribution is -0.110. The second-order valence-electron chi connectivity index (χ2n) is 8.56. The third kappa shape index (κ3) is 5.35. The van der Waals surface area contributed by atoms with E-state index in [4.69, 9.17) is 0 Å². The summed E-state index contributed by atoms with van der Waals surface area (Å²) in [6.45, 7) is 1.92. The molecule has 2 heterocycles. The van der Waals surface area contributed by atoms with Crippen molar-refractivity contribution in [3.8, 4) is 0 Å². The first-order valence-electron chi connectivity index (χ1n) is 11.5. The first kappa shape index (κ1) is 23.8. The lowest BCUT2D eigenvalue weighted by atomic mass is 10.1. The number of aromatic amines is 1. The number of halogens is 2. The van der Waals surface area contributed by atoms with Crippen LogP contribution in [0, 0.1) is 6.92 Å².